The number of aliphatic hydroxyl groups is 1. The average molecular weight is 269 g/mol. The number of aliphatic hydroxyl groups excluding tert-OH is 1. The molecule has 0 saturated carbocycles. The van der Waals surface area contributed by atoms with Crippen molar-refractivity contribution in [3.05, 3.63) is 47.5 Å². The molecule has 0 saturated heterocycles. The minimum atomic E-state index is -0.757. The maximum absolute atomic E-state index is 11.4. The molecule has 1 rings (SSSR count). The molecule has 5 heteroatoms. The molecule has 0 radical (unpaired) electrons. The predicted molar refractivity (Wildman–Crippen MR) is 72.6 cm³/mol. The maximum Gasteiger partial charge on any atom is 0.315 e. The summed E-state index contributed by atoms with van der Waals surface area (Å²) in [7, 11) is 0. The molecule has 0 bridgehead atoms. The maximum atomic E-state index is 11.4. The monoisotopic (exact) mass is 268 g/mol. The highest BCUT2D eigenvalue weighted by atomic mass is 35.5. The molecule has 2 amide bonds. The van der Waals surface area contributed by atoms with Crippen molar-refractivity contribution in [3.8, 4) is 0 Å². The fourth-order valence-corrected chi connectivity index (χ4v) is 1.43. The molecule has 2 unspecified atom stereocenters. The third-order valence-electron chi connectivity index (χ3n) is 2.42. The van der Waals surface area contributed by atoms with Crippen LogP contribution < -0.4 is 10.6 Å². The normalized spacial score (nSPS) is 13.5. The Hall–Kier alpha value is -1.52. The molecule has 0 aliphatic heterocycles. The van der Waals surface area contributed by atoms with Gasteiger partial charge in [0, 0.05) is 17.6 Å². The van der Waals surface area contributed by atoms with Gasteiger partial charge in [0.2, 0.25) is 0 Å². The Bertz CT molecular complexity index is 406. The highest BCUT2D eigenvalue weighted by molar-refractivity contribution is 6.30. The number of rotatable bonds is 5. The van der Waals surface area contributed by atoms with Crippen LogP contribution in [0.3, 0.4) is 0 Å². The summed E-state index contributed by atoms with van der Waals surface area (Å²) < 4.78 is 0. The summed E-state index contributed by atoms with van der Waals surface area (Å²) in [6, 6.07) is 6.38. The first-order valence-electron chi connectivity index (χ1n) is 5.63. The fourth-order valence-electron chi connectivity index (χ4n) is 1.31. The molecule has 0 aliphatic rings. The van der Waals surface area contributed by atoms with Gasteiger partial charge in [-0.1, -0.05) is 29.8 Å². The first kappa shape index (κ1) is 14.5. The van der Waals surface area contributed by atoms with E-state index in [1.165, 1.54) is 0 Å². The van der Waals surface area contributed by atoms with Crippen LogP contribution in [0.25, 0.3) is 0 Å². The zero-order chi connectivity index (χ0) is 13.5. The molecule has 4 nitrogen and oxygen atoms in total. The zero-order valence-corrected chi connectivity index (χ0v) is 10.9. The van der Waals surface area contributed by atoms with Crippen LogP contribution in [0.1, 0.15) is 18.6 Å². The Kier molecular flexibility index (Phi) is 5.68. The van der Waals surface area contributed by atoms with E-state index in [2.05, 4.69) is 17.2 Å². The van der Waals surface area contributed by atoms with Crippen LogP contribution in [0, 0.1) is 0 Å². The summed E-state index contributed by atoms with van der Waals surface area (Å²) in [6.45, 7) is 5.50. The number of benzene rings is 1. The second-order valence-electron chi connectivity index (χ2n) is 3.95. The van der Waals surface area contributed by atoms with E-state index in [4.69, 9.17) is 11.6 Å². The quantitative estimate of drug-likeness (QED) is 0.718. The fraction of sp³-hybridized carbons (Fsp3) is 0.308. The molecular weight excluding hydrogens is 252 g/mol. The van der Waals surface area contributed by atoms with Crippen molar-refractivity contribution in [1.29, 1.82) is 0 Å². The Labute approximate surface area is 112 Å². The first-order chi connectivity index (χ1) is 8.52. The third-order valence-corrected chi connectivity index (χ3v) is 2.68. The van der Waals surface area contributed by atoms with E-state index < -0.39 is 6.10 Å². The molecule has 1 aromatic rings. The molecular formula is C13H17ClN2O2. The van der Waals surface area contributed by atoms with Gasteiger partial charge in [-0.25, -0.2) is 4.79 Å². The first-order valence-corrected chi connectivity index (χ1v) is 6.01. The van der Waals surface area contributed by atoms with Gasteiger partial charge < -0.3 is 15.7 Å². The van der Waals surface area contributed by atoms with Crippen LogP contribution in [0.5, 0.6) is 0 Å². The highest BCUT2D eigenvalue weighted by Crippen LogP contribution is 2.15. The second kappa shape index (κ2) is 7.03. The Morgan fingerprint density at radius 2 is 2.11 bits per heavy atom. The molecule has 3 N–H and O–H groups in total. The lowest BCUT2D eigenvalue weighted by atomic mass is 10.1. The second-order valence-corrected chi connectivity index (χ2v) is 4.38. The van der Waals surface area contributed by atoms with Crippen molar-refractivity contribution in [1.82, 2.24) is 10.6 Å². The summed E-state index contributed by atoms with van der Waals surface area (Å²) in [5.74, 6) is 0. The lowest BCUT2D eigenvalue weighted by Crippen LogP contribution is -2.41. The van der Waals surface area contributed by atoms with Crippen molar-refractivity contribution >= 4 is 17.6 Å². The molecule has 1 aromatic carbocycles. The molecule has 0 spiro atoms. The van der Waals surface area contributed by atoms with E-state index in [1.807, 2.05) is 6.92 Å². The number of carbonyl (C=O) groups is 1. The molecule has 98 valence electrons. The van der Waals surface area contributed by atoms with Crippen LogP contribution in [-0.2, 0) is 0 Å². The van der Waals surface area contributed by atoms with E-state index in [0.29, 0.717) is 10.6 Å². The highest BCUT2D eigenvalue weighted by Gasteiger charge is 2.09. The number of hydrogen-bond acceptors (Lipinski definition) is 2. The van der Waals surface area contributed by atoms with Crippen LogP contribution in [0.2, 0.25) is 5.02 Å². The van der Waals surface area contributed by atoms with Crippen molar-refractivity contribution in [2.75, 3.05) is 6.54 Å². The van der Waals surface area contributed by atoms with Crippen molar-refractivity contribution < 1.29 is 9.90 Å². The minimum absolute atomic E-state index is 0.113. The summed E-state index contributed by atoms with van der Waals surface area (Å²) in [5.41, 5.74) is 0.705. The van der Waals surface area contributed by atoms with Gasteiger partial charge in [0.05, 0.1) is 6.10 Å². The van der Waals surface area contributed by atoms with Gasteiger partial charge in [-0.05, 0) is 24.6 Å². The van der Waals surface area contributed by atoms with Crippen LogP contribution in [0.4, 0.5) is 4.79 Å². The van der Waals surface area contributed by atoms with Crippen molar-refractivity contribution in [2.45, 2.75) is 19.1 Å². The van der Waals surface area contributed by atoms with E-state index in [1.54, 1.807) is 30.3 Å². The molecule has 2 atom stereocenters. The van der Waals surface area contributed by atoms with Gasteiger partial charge in [-0.15, -0.1) is 6.58 Å². The van der Waals surface area contributed by atoms with Crippen LogP contribution in [-0.4, -0.2) is 23.7 Å². The number of urea groups is 1. The number of carbonyl (C=O) groups excluding carboxylic acids is 1. The number of nitrogens with one attached hydrogen (secondary N) is 2. The van der Waals surface area contributed by atoms with Gasteiger partial charge in [0.25, 0.3) is 0 Å². The van der Waals surface area contributed by atoms with Crippen LogP contribution in [0.15, 0.2) is 36.9 Å². The van der Waals surface area contributed by atoms with E-state index in [-0.39, 0.29) is 18.6 Å². The zero-order valence-electron chi connectivity index (χ0n) is 10.2. The predicted octanol–water partition coefficient (Wildman–Crippen LogP) is 2.25. The summed E-state index contributed by atoms with van der Waals surface area (Å²) in [6.07, 6.45) is 0.863. The van der Waals surface area contributed by atoms with Gasteiger partial charge in [-0.2, -0.15) is 0 Å². The minimum Gasteiger partial charge on any atom is -0.387 e. The molecule has 0 aromatic heterocycles. The number of amides is 2. The molecule has 0 heterocycles. The molecule has 0 aliphatic carbocycles. The molecule has 0 fully saturated rings. The number of halogens is 1. The van der Waals surface area contributed by atoms with Crippen molar-refractivity contribution in [3.63, 3.8) is 0 Å². The Balaban J connectivity index is 2.41. The van der Waals surface area contributed by atoms with Gasteiger partial charge >= 0.3 is 6.03 Å². The lowest BCUT2D eigenvalue weighted by Gasteiger charge is -2.14. The topological polar surface area (TPSA) is 61.4 Å². The Morgan fingerprint density at radius 3 is 2.67 bits per heavy atom. The summed E-state index contributed by atoms with van der Waals surface area (Å²) in [5, 5.41) is 15.7. The largest absolute Gasteiger partial charge is 0.387 e. The number of hydrogen-bond donors (Lipinski definition) is 3. The van der Waals surface area contributed by atoms with E-state index >= 15 is 0 Å². The Morgan fingerprint density at radius 1 is 1.50 bits per heavy atom. The smallest absolute Gasteiger partial charge is 0.315 e. The summed E-state index contributed by atoms with van der Waals surface area (Å²) >= 11 is 5.75. The average Bonchev–Trinajstić information content (AvgIpc) is 2.36. The van der Waals surface area contributed by atoms with Crippen molar-refractivity contribution in [2.24, 2.45) is 0 Å². The lowest BCUT2D eigenvalue weighted by molar-refractivity contribution is 0.173. The molecule has 18 heavy (non-hydrogen) atoms. The SMILES string of the molecule is C=CC(C)NC(=O)NCC(O)c1ccc(Cl)cc1. The van der Waals surface area contributed by atoms with E-state index in [9.17, 15) is 9.90 Å². The summed E-state index contributed by atoms with van der Waals surface area (Å²) in [4.78, 5) is 11.4. The third kappa shape index (κ3) is 4.77. The van der Waals surface area contributed by atoms with E-state index in [0.717, 1.165) is 0 Å². The van der Waals surface area contributed by atoms with Gasteiger partial charge in [0.1, 0.15) is 0 Å². The van der Waals surface area contributed by atoms with Gasteiger partial charge in [0.15, 0.2) is 0 Å². The standard InChI is InChI=1S/C13H17ClN2O2/c1-3-9(2)16-13(18)15-8-12(17)10-4-6-11(14)7-5-10/h3-7,9,12,17H,1,8H2,2H3,(H2,15,16,18). The van der Waals surface area contributed by atoms with Crippen LogP contribution >= 0.6 is 11.6 Å². The van der Waals surface area contributed by atoms with Gasteiger partial charge in [-0.3, -0.25) is 0 Å².